The van der Waals surface area contributed by atoms with Gasteiger partial charge in [-0.3, -0.25) is 0 Å². The number of hydrogen-bond acceptors (Lipinski definition) is 3. The predicted octanol–water partition coefficient (Wildman–Crippen LogP) is 2.15. The lowest BCUT2D eigenvalue weighted by atomic mass is 9.85. The molecule has 2 aliphatic rings. The monoisotopic (exact) mass is 203 g/mol. The molecule has 0 spiro atoms. The van der Waals surface area contributed by atoms with E-state index >= 15 is 0 Å². The predicted molar refractivity (Wildman–Crippen MR) is 56.6 cm³/mol. The van der Waals surface area contributed by atoms with Gasteiger partial charge in [0, 0.05) is 0 Å². The minimum atomic E-state index is -0.0151. The van der Waals surface area contributed by atoms with Crippen LogP contribution in [0.25, 0.3) is 0 Å². The fourth-order valence-electron chi connectivity index (χ4n) is 2.14. The van der Waals surface area contributed by atoms with Gasteiger partial charge in [0.1, 0.15) is 18.4 Å². The Morgan fingerprint density at radius 1 is 1.27 bits per heavy atom. The molecule has 2 atom stereocenters. The van der Waals surface area contributed by atoms with E-state index in [0.29, 0.717) is 13.2 Å². The summed E-state index contributed by atoms with van der Waals surface area (Å²) in [5.74, 6) is 0. The van der Waals surface area contributed by atoms with Crippen molar-refractivity contribution in [3.05, 3.63) is 35.9 Å². The second-order valence-electron chi connectivity index (χ2n) is 4.41. The van der Waals surface area contributed by atoms with Crippen LogP contribution in [0.1, 0.15) is 18.6 Å². The van der Waals surface area contributed by atoms with Crippen LogP contribution in [0, 0.1) is 5.41 Å². The first-order chi connectivity index (χ1) is 7.30. The molecule has 0 saturated carbocycles. The summed E-state index contributed by atoms with van der Waals surface area (Å²) in [5, 5.41) is 4.12. The van der Waals surface area contributed by atoms with Gasteiger partial charge >= 0.3 is 0 Å². The van der Waals surface area contributed by atoms with Gasteiger partial charge in [-0.25, -0.2) is 0 Å². The topological polar surface area (TPSA) is 30.8 Å². The van der Waals surface area contributed by atoms with E-state index in [1.54, 1.807) is 0 Å². The van der Waals surface area contributed by atoms with Crippen LogP contribution in [0.5, 0.6) is 0 Å². The van der Waals surface area contributed by atoms with Crippen molar-refractivity contribution in [2.75, 3.05) is 13.2 Å². The van der Waals surface area contributed by atoms with E-state index in [0.717, 1.165) is 11.3 Å². The van der Waals surface area contributed by atoms with Crippen LogP contribution < -0.4 is 0 Å². The van der Waals surface area contributed by atoms with Crippen molar-refractivity contribution in [1.82, 2.24) is 0 Å². The second kappa shape index (κ2) is 3.07. The summed E-state index contributed by atoms with van der Waals surface area (Å²) in [7, 11) is 0. The minimum Gasteiger partial charge on any atom is -0.395 e. The first-order valence-electron chi connectivity index (χ1n) is 5.16. The lowest BCUT2D eigenvalue weighted by Gasteiger charge is -2.12. The summed E-state index contributed by atoms with van der Waals surface area (Å²) in [4.78, 5) is 5.17. The van der Waals surface area contributed by atoms with Gasteiger partial charge in [-0.15, -0.1) is 0 Å². The summed E-state index contributed by atoms with van der Waals surface area (Å²) in [6.07, 6.45) is -0.0151. The summed E-state index contributed by atoms with van der Waals surface area (Å²) in [5.41, 5.74) is 2.18. The average molecular weight is 203 g/mol. The Kier molecular flexibility index (Phi) is 1.83. The smallest absolute Gasteiger partial charge is 0.130 e. The number of rotatable bonds is 1. The maximum absolute atomic E-state index is 5.80. The average Bonchev–Trinajstić information content (AvgIpc) is 2.76. The van der Waals surface area contributed by atoms with Crippen LogP contribution >= 0.6 is 0 Å². The Labute approximate surface area is 88.7 Å². The number of nitrogens with zero attached hydrogens (tertiary/aromatic N) is 1. The maximum Gasteiger partial charge on any atom is 0.130 e. The third-order valence-electron chi connectivity index (χ3n) is 3.08. The highest BCUT2D eigenvalue weighted by atomic mass is 16.6. The fraction of sp³-hybridized carbons (Fsp3) is 0.417. The molecule has 1 fully saturated rings. The Morgan fingerprint density at radius 2 is 2.07 bits per heavy atom. The number of oxime groups is 1. The number of fused-ring (bicyclic) bond motifs is 1. The van der Waals surface area contributed by atoms with Crippen molar-refractivity contribution < 1.29 is 9.57 Å². The maximum atomic E-state index is 5.80. The van der Waals surface area contributed by atoms with E-state index in [2.05, 4.69) is 24.2 Å². The van der Waals surface area contributed by atoms with E-state index in [1.807, 2.05) is 18.2 Å². The van der Waals surface area contributed by atoms with Crippen molar-refractivity contribution in [2.24, 2.45) is 10.6 Å². The Bertz CT molecular complexity index is 401. The van der Waals surface area contributed by atoms with Crippen LogP contribution in [0.15, 0.2) is 35.5 Å². The molecule has 0 bridgehead atoms. The molecule has 3 heteroatoms. The molecule has 0 amide bonds. The molecular formula is C12H13NO2. The largest absolute Gasteiger partial charge is 0.395 e. The van der Waals surface area contributed by atoms with Crippen molar-refractivity contribution in [3.8, 4) is 0 Å². The fourth-order valence-corrected chi connectivity index (χ4v) is 2.14. The van der Waals surface area contributed by atoms with Crippen LogP contribution in [0.4, 0.5) is 0 Å². The molecule has 15 heavy (non-hydrogen) atoms. The number of ether oxygens (including phenoxy) is 1. The first-order valence-corrected chi connectivity index (χ1v) is 5.16. The summed E-state index contributed by atoms with van der Waals surface area (Å²) < 4.78 is 5.80. The molecule has 0 aliphatic carbocycles. The van der Waals surface area contributed by atoms with Gasteiger partial charge in [0.2, 0.25) is 0 Å². The van der Waals surface area contributed by atoms with Crippen LogP contribution in [-0.4, -0.2) is 18.9 Å². The molecule has 0 unspecified atom stereocenters. The highest BCUT2D eigenvalue weighted by molar-refractivity contribution is 5.96. The molecule has 0 aromatic heterocycles. The zero-order chi connectivity index (χ0) is 10.3. The van der Waals surface area contributed by atoms with Crippen LogP contribution in [-0.2, 0) is 9.57 Å². The molecule has 78 valence electrons. The summed E-state index contributed by atoms with van der Waals surface area (Å²) >= 11 is 0. The van der Waals surface area contributed by atoms with Crippen molar-refractivity contribution >= 4 is 5.71 Å². The second-order valence-corrected chi connectivity index (χ2v) is 4.41. The van der Waals surface area contributed by atoms with E-state index < -0.39 is 0 Å². The Morgan fingerprint density at radius 3 is 2.87 bits per heavy atom. The number of benzene rings is 1. The Hall–Kier alpha value is -1.35. The van der Waals surface area contributed by atoms with Gasteiger partial charge in [-0.2, -0.15) is 0 Å². The van der Waals surface area contributed by atoms with E-state index in [1.165, 1.54) is 0 Å². The molecule has 0 radical (unpaired) electrons. The quantitative estimate of drug-likeness (QED) is 0.700. The standard InChI is InChI=1S/C12H13NO2/c1-12-7-14-10(11(12)13-15-8-12)9-5-3-2-4-6-9/h2-6,10H,7-8H2,1H3/t10-,12-/m0/s1. The molecular weight excluding hydrogens is 190 g/mol. The zero-order valence-electron chi connectivity index (χ0n) is 8.64. The van der Waals surface area contributed by atoms with Crippen LogP contribution in [0.2, 0.25) is 0 Å². The zero-order valence-corrected chi connectivity index (χ0v) is 8.64. The third kappa shape index (κ3) is 1.27. The highest BCUT2D eigenvalue weighted by Crippen LogP contribution is 2.41. The van der Waals surface area contributed by atoms with Gasteiger partial charge < -0.3 is 9.57 Å². The SMILES string of the molecule is C[C@]12CON=C1[C@H](c1ccccc1)OC2. The molecule has 3 nitrogen and oxygen atoms in total. The van der Waals surface area contributed by atoms with Gasteiger partial charge in [0.25, 0.3) is 0 Å². The molecule has 0 N–H and O–H groups in total. The molecule has 1 saturated heterocycles. The molecule has 3 rings (SSSR count). The normalized spacial score (nSPS) is 33.4. The van der Waals surface area contributed by atoms with E-state index in [-0.39, 0.29) is 11.5 Å². The van der Waals surface area contributed by atoms with Gasteiger partial charge in [-0.1, -0.05) is 35.5 Å². The van der Waals surface area contributed by atoms with E-state index in [4.69, 9.17) is 9.57 Å². The van der Waals surface area contributed by atoms with Gasteiger partial charge in [0.15, 0.2) is 0 Å². The van der Waals surface area contributed by atoms with E-state index in [9.17, 15) is 0 Å². The Balaban J connectivity index is 1.97. The summed E-state index contributed by atoms with van der Waals surface area (Å²) in [6.45, 7) is 3.48. The molecule has 2 aliphatic heterocycles. The van der Waals surface area contributed by atoms with Crippen LogP contribution in [0.3, 0.4) is 0 Å². The molecule has 1 aromatic rings. The van der Waals surface area contributed by atoms with Gasteiger partial charge in [0.05, 0.1) is 12.0 Å². The number of hydrogen-bond donors (Lipinski definition) is 0. The summed E-state index contributed by atoms with van der Waals surface area (Å²) in [6, 6.07) is 10.2. The van der Waals surface area contributed by atoms with Crippen molar-refractivity contribution in [1.29, 1.82) is 0 Å². The van der Waals surface area contributed by atoms with Crippen molar-refractivity contribution in [3.63, 3.8) is 0 Å². The molecule has 2 heterocycles. The lowest BCUT2D eigenvalue weighted by molar-refractivity contribution is 0.0513. The third-order valence-corrected chi connectivity index (χ3v) is 3.08. The van der Waals surface area contributed by atoms with Gasteiger partial charge in [-0.05, 0) is 12.5 Å². The lowest BCUT2D eigenvalue weighted by Crippen LogP contribution is -2.26. The first kappa shape index (κ1) is 8.92. The van der Waals surface area contributed by atoms with Crippen molar-refractivity contribution in [2.45, 2.75) is 13.0 Å². The minimum absolute atomic E-state index is 0.0134. The highest BCUT2D eigenvalue weighted by Gasteiger charge is 2.48. The molecule has 1 aromatic carbocycles.